The van der Waals surface area contributed by atoms with Gasteiger partial charge in [0.25, 0.3) is 0 Å². The molecule has 47 heavy (non-hydrogen) atoms. The Labute approximate surface area is 285 Å². The molecule has 0 fully saturated rings. The monoisotopic (exact) mass is 666 g/mol. The first-order chi connectivity index (χ1) is 21.3. The summed E-state index contributed by atoms with van der Waals surface area (Å²) < 4.78 is 36.4. The van der Waals surface area contributed by atoms with Gasteiger partial charge in [0.1, 0.15) is 16.8 Å². The van der Waals surface area contributed by atoms with Crippen LogP contribution in [0.25, 0.3) is 0 Å². The molecule has 0 aromatic rings. The third kappa shape index (κ3) is 16.9. The highest BCUT2D eigenvalue weighted by Gasteiger charge is 2.47. The SMILES string of the molecule is C=CC(=O)OC(C)(C)COC(C)(C)CC(CC)(CC(C)(CC)OCC(C)(C)OC(=O)C=C)CC(C)(CC)OCC(C)(C)OC(=O)C=C. The fraction of sp³-hybridized carbons (Fsp3) is 0.763. The van der Waals surface area contributed by atoms with Crippen LogP contribution in [0.4, 0.5) is 0 Å². The first kappa shape index (κ1) is 44.5. The van der Waals surface area contributed by atoms with E-state index in [1.165, 1.54) is 0 Å². The van der Waals surface area contributed by atoms with E-state index in [4.69, 9.17) is 28.4 Å². The summed E-state index contributed by atoms with van der Waals surface area (Å²) in [5.74, 6) is -1.51. The molecule has 2 unspecified atom stereocenters. The molecule has 0 saturated heterocycles. The molecule has 0 rings (SSSR count). The van der Waals surface area contributed by atoms with Gasteiger partial charge in [-0.1, -0.05) is 46.9 Å². The molecule has 0 aliphatic heterocycles. The van der Waals surface area contributed by atoms with Crippen LogP contribution in [-0.2, 0) is 42.8 Å². The highest BCUT2D eigenvalue weighted by atomic mass is 16.6. The molecule has 0 N–H and O–H groups in total. The number of esters is 3. The summed E-state index contributed by atoms with van der Waals surface area (Å²) in [6.07, 6.45) is 7.61. The van der Waals surface area contributed by atoms with Crippen LogP contribution in [0.2, 0.25) is 0 Å². The molecule has 0 aliphatic carbocycles. The van der Waals surface area contributed by atoms with Crippen molar-refractivity contribution in [3.05, 3.63) is 38.0 Å². The predicted molar refractivity (Wildman–Crippen MR) is 187 cm³/mol. The minimum absolute atomic E-state index is 0.189. The maximum atomic E-state index is 12.0. The lowest BCUT2D eigenvalue weighted by molar-refractivity contribution is -0.182. The number of hydrogen-bond donors (Lipinski definition) is 0. The number of carbonyl (C=O) groups excluding carboxylic acids is 3. The van der Waals surface area contributed by atoms with Gasteiger partial charge >= 0.3 is 17.9 Å². The molecule has 0 heterocycles. The summed E-state index contributed by atoms with van der Waals surface area (Å²) in [5, 5.41) is 0. The van der Waals surface area contributed by atoms with Crippen molar-refractivity contribution < 1.29 is 42.8 Å². The Morgan fingerprint density at radius 3 is 1.02 bits per heavy atom. The third-order valence-electron chi connectivity index (χ3n) is 8.52. The Morgan fingerprint density at radius 2 is 0.766 bits per heavy atom. The van der Waals surface area contributed by atoms with Crippen LogP contribution in [0.1, 0.15) is 129 Å². The molecule has 0 spiro atoms. The Hall–Kier alpha value is -2.49. The van der Waals surface area contributed by atoms with E-state index in [1.807, 2.05) is 55.4 Å². The average molecular weight is 667 g/mol. The van der Waals surface area contributed by atoms with Gasteiger partial charge < -0.3 is 28.4 Å². The van der Waals surface area contributed by atoms with Crippen molar-refractivity contribution in [1.82, 2.24) is 0 Å². The molecular formula is C38H66O9. The van der Waals surface area contributed by atoms with Gasteiger partial charge in [-0.3, -0.25) is 0 Å². The van der Waals surface area contributed by atoms with Crippen LogP contribution in [0.3, 0.4) is 0 Å². The topological polar surface area (TPSA) is 107 Å². The Balaban J connectivity index is 6.57. The number of ether oxygens (including phenoxy) is 6. The molecule has 0 bridgehead atoms. The van der Waals surface area contributed by atoms with E-state index in [1.54, 1.807) is 0 Å². The largest absolute Gasteiger partial charge is 0.454 e. The van der Waals surface area contributed by atoms with E-state index in [9.17, 15) is 14.4 Å². The fourth-order valence-electron chi connectivity index (χ4n) is 5.75. The second-order valence-electron chi connectivity index (χ2n) is 15.8. The molecule has 9 nitrogen and oxygen atoms in total. The van der Waals surface area contributed by atoms with E-state index in [0.29, 0.717) is 32.1 Å². The molecule has 0 saturated carbocycles. The van der Waals surface area contributed by atoms with Crippen molar-refractivity contribution in [2.45, 2.75) is 162 Å². The van der Waals surface area contributed by atoms with E-state index in [0.717, 1.165) is 24.6 Å². The van der Waals surface area contributed by atoms with Gasteiger partial charge in [0.15, 0.2) is 0 Å². The maximum Gasteiger partial charge on any atom is 0.330 e. The maximum absolute atomic E-state index is 12.0. The Bertz CT molecular complexity index is 1020. The predicted octanol–water partition coefficient (Wildman–Crippen LogP) is 8.24. The second kappa shape index (κ2) is 17.8. The molecule has 0 aromatic carbocycles. The summed E-state index contributed by atoms with van der Waals surface area (Å²) in [6.45, 7) is 36.6. The van der Waals surface area contributed by atoms with Crippen LogP contribution in [0.5, 0.6) is 0 Å². The summed E-state index contributed by atoms with van der Waals surface area (Å²) in [7, 11) is 0. The average Bonchev–Trinajstić information content (AvgIpc) is 2.97. The Kier molecular flexibility index (Phi) is 16.8. The van der Waals surface area contributed by atoms with Crippen molar-refractivity contribution in [1.29, 1.82) is 0 Å². The summed E-state index contributed by atoms with van der Waals surface area (Å²) >= 11 is 0. The first-order valence-electron chi connectivity index (χ1n) is 16.8. The van der Waals surface area contributed by atoms with Crippen molar-refractivity contribution in [2.75, 3.05) is 19.8 Å². The summed E-state index contributed by atoms with van der Waals surface area (Å²) in [5.41, 5.74) is -4.74. The van der Waals surface area contributed by atoms with Gasteiger partial charge in [-0.25, -0.2) is 14.4 Å². The molecule has 0 aliphatic rings. The zero-order valence-corrected chi connectivity index (χ0v) is 31.9. The van der Waals surface area contributed by atoms with Gasteiger partial charge in [-0.05, 0) is 107 Å². The quantitative estimate of drug-likeness (QED) is 0.0572. The Morgan fingerprint density at radius 1 is 0.468 bits per heavy atom. The highest BCUT2D eigenvalue weighted by Crippen LogP contribution is 2.49. The summed E-state index contributed by atoms with van der Waals surface area (Å²) in [4.78, 5) is 35.9. The lowest BCUT2D eigenvalue weighted by atomic mass is 9.64. The lowest BCUT2D eigenvalue weighted by Gasteiger charge is -2.49. The van der Waals surface area contributed by atoms with Crippen LogP contribution in [-0.4, -0.2) is 71.3 Å². The first-order valence-corrected chi connectivity index (χ1v) is 16.8. The molecule has 272 valence electrons. The molecule has 0 amide bonds. The lowest BCUT2D eigenvalue weighted by Crippen LogP contribution is -2.49. The second-order valence-corrected chi connectivity index (χ2v) is 15.8. The molecule has 9 heteroatoms. The van der Waals surface area contributed by atoms with E-state index in [-0.39, 0.29) is 25.2 Å². The number of rotatable bonds is 24. The number of hydrogen-bond acceptors (Lipinski definition) is 9. The molecule has 2 atom stereocenters. The highest BCUT2D eigenvalue weighted by molar-refractivity contribution is 5.82. The minimum Gasteiger partial charge on any atom is -0.454 e. The number of carbonyl (C=O) groups is 3. The fourth-order valence-corrected chi connectivity index (χ4v) is 5.75. The van der Waals surface area contributed by atoms with Gasteiger partial charge in [0.2, 0.25) is 0 Å². The standard InChI is InChI=1S/C38H66O9/c1-17-29(39)45-33(9,10)26-42-32(7,8)23-38(22-6,24-36(15,20-4)43-27-34(11,12)46-30(40)18-2)25-37(16,21-5)44-28-35(13,14)47-31(41)19-3/h17-19H,1-3,20-28H2,4-16H3. The van der Waals surface area contributed by atoms with Crippen molar-refractivity contribution in [3.8, 4) is 0 Å². The smallest absolute Gasteiger partial charge is 0.330 e. The minimum atomic E-state index is -0.859. The normalized spacial score (nSPS) is 16.5. The van der Waals surface area contributed by atoms with Gasteiger partial charge in [0.05, 0.1) is 36.6 Å². The van der Waals surface area contributed by atoms with Gasteiger partial charge in [-0.2, -0.15) is 0 Å². The third-order valence-corrected chi connectivity index (χ3v) is 8.52. The zero-order chi connectivity index (χ0) is 37.0. The van der Waals surface area contributed by atoms with Crippen LogP contribution < -0.4 is 0 Å². The zero-order valence-electron chi connectivity index (χ0n) is 31.9. The van der Waals surface area contributed by atoms with Crippen LogP contribution >= 0.6 is 0 Å². The van der Waals surface area contributed by atoms with Crippen LogP contribution in [0.15, 0.2) is 38.0 Å². The van der Waals surface area contributed by atoms with E-state index >= 15 is 0 Å². The van der Waals surface area contributed by atoms with E-state index < -0.39 is 51.5 Å². The van der Waals surface area contributed by atoms with Gasteiger partial charge in [-0.15, -0.1) is 0 Å². The van der Waals surface area contributed by atoms with Crippen molar-refractivity contribution >= 4 is 17.9 Å². The van der Waals surface area contributed by atoms with Crippen molar-refractivity contribution in [2.24, 2.45) is 5.41 Å². The molecular weight excluding hydrogens is 600 g/mol. The van der Waals surface area contributed by atoms with E-state index in [2.05, 4.69) is 54.4 Å². The van der Waals surface area contributed by atoms with Crippen molar-refractivity contribution in [3.63, 3.8) is 0 Å². The van der Waals surface area contributed by atoms with Crippen LogP contribution in [0, 0.1) is 5.41 Å². The summed E-state index contributed by atoms with van der Waals surface area (Å²) in [6, 6.07) is 0. The molecule has 0 aromatic heterocycles. The van der Waals surface area contributed by atoms with Gasteiger partial charge in [0, 0.05) is 18.2 Å². The molecule has 0 radical (unpaired) electrons.